The summed E-state index contributed by atoms with van der Waals surface area (Å²) in [5, 5.41) is 4.73. The van der Waals surface area contributed by atoms with Crippen molar-refractivity contribution in [1.29, 1.82) is 0 Å². The van der Waals surface area contributed by atoms with Gasteiger partial charge < -0.3 is 5.32 Å². The van der Waals surface area contributed by atoms with E-state index in [0.717, 1.165) is 0 Å². The number of benzene rings is 1. The van der Waals surface area contributed by atoms with Gasteiger partial charge in [0.1, 0.15) is 0 Å². The molecule has 1 aromatic carbocycles. The number of rotatable bonds is 1. The molecule has 1 saturated carbocycles. The lowest BCUT2D eigenvalue weighted by molar-refractivity contribution is 0.175. The molecule has 3 rings (SSSR count). The van der Waals surface area contributed by atoms with E-state index >= 15 is 0 Å². The highest BCUT2D eigenvalue weighted by Crippen LogP contribution is 2.49. The van der Waals surface area contributed by atoms with Crippen LogP contribution in [0.5, 0.6) is 0 Å². The van der Waals surface area contributed by atoms with E-state index in [1.807, 2.05) is 12.1 Å². The van der Waals surface area contributed by atoms with Crippen molar-refractivity contribution in [2.24, 2.45) is 5.41 Å². The van der Waals surface area contributed by atoms with E-state index in [2.05, 4.69) is 11.4 Å². The Kier molecular flexibility index (Phi) is 2.66. The molecule has 16 heavy (non-hydrogen) atoms. The Balaban J connectivity index is 1.80. The summed E-state index contributed by atoms with van der Waals surface area (Å²) >= 11 is 12.0. The first kappa shape index (κ1) is 10.9. The Morgan fingerprint density at radius 2 is 2.00 bits per heavy atom. The van der Waals surface area contributed by atoms with Crippen LogP contribution >= 0.6 is 23.2 Å². The molecule has 1 nitrogen and oxygen atoms in total. The minimum Gasteiger partial charge on any atom is -0.316 e. The largest absolute Gasteiger partial charge is 0.316 e. The van der Waals surface area contributed by atoms with Gasteiger partial charge in [0.2, 0.25) is 0 Å². The molecule has 1 spiro atoms. The van der Waals surface area contributed by atoms with E-state index in [4.69, 9.17) is 23.2 Å². The molecule has 2 aliphatic rings. The molecule has 1 heterocycles. The average Bonchev–Trinajstić information content (AvgIpc) is 2.66. The van der Waals surface area contributed by atoms with E-state index in [1.54, 1.807) is 0 Å². The zero-order valence-corrected chi connectivity index (χ0v) is 10.6. The fourth-order valence-electron chi connectivity index (χ4n) is 3.06. The normalized spacial score (nSPS) is 27.0. The van der Waals surface area contributed by atoms with Crippen LogP contribution in [-0.2, 0) is 0 Å². The van der Waals surface area contributed by atoms with Gasteiger partial charge in [-0.1, -0.05) is 29.3 Å². The summed E-state index contributed by atoms with van der Waals surface area (Å²) in [5.74, 6) is 0.678. The van der Waals surface area contributed by atoms with Crippen molar-refractivity contribution < 1.29 is 0 Å². The lowest BCUT2D eigenvalue weighted by Gasteiger charge is -2.39. The predicted octanol–water partition coefficient (Wildman–Crippen LogP) is 3.85. The fraction of sp³-hybridized carbons (Fsp3) is 0.538. The standard InChI is InChI=1S/C13H15Cl2N/c14-11-2-1-9(5-12(11)15)10-3-4-13(6-10)7-16-8-13/h1-2,5,10,16H,3-4,6-8H2. The Morgan fingerprint density at radius 3 is 2.56 bits per heavy atom. The van der Waals surface area contributed by atoms with Gasteiger partial charge in [-0.3, -0.25) is 0 Å². The molecule has 1 saturated heterocycles. The van der Waals surface area contributed by atoms with Gasteiger partial charge in [-0.15, -0.1) is 0 Å². The summed E-state index contributed by atoms with van der Waals surface area (Å²) in [4.78, 5) is 0. The Bertz CT molecular complexity index is 412. The summed E-state index contributed by atoms with van der Waals surface area (Å²) in [6, 6.07) is 6.09. The maximum Gasteiger partial charge on any atom is 0.0595 e. The molecule has 1 aliphatic heterocycles. The molecule has 1 aromatic rings. The third-order valence-electron chi connectivity index (χ3n) is 4.12. The molecule has 0 radical (unpaired) electrons. The van der Waals surface area contributed by atoms with Crippen LogP contribution in [0.25, 0.3) is 0 Å². The van der Waals surface area contributed by atoms with E-state index < -0.39 is 0 Å². The second-order valence-corrected chi connectivity index (χ2v) is 6.03. The Morgan fingerprint density at radius 1 is 1.19 bits per heavy atom. The maximum absolute atomic E-state index is 6.07. The Labute approximate surface area is 106 Å². The minimum absolute atomic E-state index is 0.594. The van der Waals surface area contributed by atoms with Gasteiger partial charge in [0.25, 0.3) is 0 Å². The second-order valence-electron chi connectivity index (χ2n) is 5.22. The molecule has 2 fully saturated rings. The lowest BCUT2D eigenvalue weighted by atomic mass is 9.79. The van der Waals surface area contributed by atoms with Gasteiger partial charge in [0.05, 0.1) is 10.0 Å². The van der Waals surface area contributed by atoms with Crippen LogP contribution in [0.3, 0.4) is 0 Å². The zero-order chi connectivity index (χ0) is 11.2. The highest BCUT2D eigenvalue weighted by atomic mass is 35.5. The van der Waals surface area contributed by atoms with Crippen LogP contribution < -0.4 is 5.32 Å². The van der Waals surface area contributed by atoms with Crippen LogP contribution in [0.1, 0.15) is 30.7 Å². The highest BCUT2D eigenvalue weighted by molar-refractivity contribution is 6.42. The molecule has 3 heteroatoms. The van der Waals surface area contributed by atoms with Crippen molar-refractivity contribution in [3.05, 3.63) is 33.8 Å². The maximum atomic E-state index is 6.07. The molecule has 0 aromatic heterocycles. The second kappa shape index (κ2) is 3.90. The van der Waals surface area contributed by atoms with Crippen LogP contribution in [-0.4, -0.2) is 13.1 Å². The summed E-state index contributed by atoms with van der Waals surface area (Å²) in [7, 11) is 0. The predicted molar refractivity (Wildman–Crippen MR) is 68.4 cm³/mol. The van der Waals surface area contributed by atoms with Gasteiger partial charge in [0.15, 0.2) is 0 Å². The first-order chi connectivity index (χ1) is 7.69. The minimum atomic E-state index is 0.594. The third-order valence-corrected chi connectivity index (χ3v) is 4.86. The zero-order valence-electron chi connectivity index (χ0n) is 9.10. The van der Waals surface area contributed by atoms with Crippen molar-refractivity contribution >= 4 is 23.2 Å². The van der Waals surface area contributed by atoms with Crippen LogP contribution in [0.2, 0.25) is 10.0 Å². The van der Waals surface area contributed by atoms with E-state index in [0.29, 0.717) is 21.4 Å². The van der Waals surface area contributed by atoms with Crippen LogP contribution in [0, 0.1) is 5.41 Å². The van der Waals surface area contributed by atoms with E-state index in [-0.39, 0.29) is 0 Å². The van der Waals surface area contributed by atoms with Crippen molar-refractivity contribution in [2.45, 2.75) is 25.2 Å². The Hall–Kier alpha value is -0.240. The lowest BCUT2D eigenvalue weighted by Crippen LogP contribution is -2.51. The van der Waals surface area contributed by atoms with Gasteiger partial charge in [-0.2, -0.15) is 0 Å². The van der Waals surface area contributed by atoms with Crippen molar-refractivity contribution in [2.75, 3.05) is 13.1 Å². The molecular formula is C13H15Cl2N. The molecule has 1 aliphatic carbocycles. The number of hydrogen-bond acceptors (Lipinski definition) is 1. The number of halogens is 2. The van der Waals surface area contributed by atoms with Gasteiger partial charge in [-0.05, 0) is 48.3 Å². The van der Waals surface area contributed by atoms with Crippen molar-refractivity contribution in [3.63, 3.8) is 0 Å². The fourth-order valence-corrected chi connectivity index (χ4v) is 3.36. The molecule has 0 bridgehead atoms. The van der Waals surface area contributed by atoms with Gasteiger partial charge in [0, 0.05) is 13.1 Å². The molecule has 0 amide bonds. The highest BCUT2D eigenvalue weighted by Gasteiger charge is 2.43. The summed E-state index contributed by atoms with van der Waals surface area (Å²) in [6.45, 7) is 2.40. The monoisotopic (exact) mass is 255 g/mol. The SMILES string of the molecule is Clc1ccc(C2CCC3(CNC3)C2)cc1Cl. The van der Waals surface area contributed by atoms with Crippen LogP contribution in [0.15, 0.2) is 18.2 Å². The molecule has 86 valence electrons. The average molecular weight is 256 g/mol. The van der Waals surface area contributed by atoms with Gasteiger partial charge in [-0.25, -0.2) is 0 Å². The van der Waals surface area contributed by atoms with Crippen molar-refractivity contribution in [1.82, 2.24) is 5.32 Å². The number of hydrogen-bond donors (Lipinski definition) is 1. The first-order valence-electron chi connectivity index (χ1n) is 5.84. The molecule has 1 N–H and O–H groups in total. The smallest absolute Gasteiger partial charge is 0.0595 e. The third kappa shape index (κ3) is 1.75. The molecular weight excluding hydrogens is 241 g/mol. The molecule has 1 unspecified atom stereocenters. The quantitative estimate of drug-likeness (QED) is 0.804. The topological polar surface area (TPSA) is 12.0 Å². The van der Waals surface area contributed by atoms with E-state index in [9.17, 15) is 0 Å². The van der Waals surface area contributed by atoms with Crippen molar-refractivity contribution in [3.8, 4) is 0 Å². The van der Waals surface area contributed by atoms with E-state index in [1.165, 1.54) is 37.9 Å². The molecule has 1 atom stereocenters. The first-order valence-corrected chi connectivity index (χ1v) is 6.60. The number of nitrogens with one attached hydrogen (secondary N) is 1. The summed E-state index contributed by atoms with van der Waals surface area (Å²) in [5.41, 5.74) is 1.95. The summed E-state index contributed by atoms with van der Waals surface area (Å²) < 4.78 is 0. The van der Waals surface area contributed by atoms with Crippen LogP contribution in [0.4, 0.5) is 0 Å². The van der Waals surface area contributed by atoms with Gasteiger partial charge >= 0.3 is 0 Å². The summed E-state index contributed by atoms with van der Waals surface area (Å²) in [6.07, 6.45) is 3.95.